The van der Waals surface area contributed by atoms with Crippen LogP contribution in [-0.2, 0) is 0 Å². The Morgan fingerprint density at radius 3 is 2.46 bits per heavy atom. The van der Waals surface area contributed by atoms with Gasteiger partial charge in [-0.15, -0.1) is 6.58 Å². The molecule has 0 spiro atoms. The van der Waals surface area contributed by atoms with Gasteiger partial charge in [-0.2, -0.15) is 0 Å². The lowest BCUT2D eigenvalue weighted by Crippen LogP contribution is -2.30. The van der Waals surface area contributed by atoms with Crippen LogP contribution in [0.2, 0.25) is 0 Å². The minimum Gasteiger partial charge on any atom is -0.314 e. The molecule has 2 unspecified atom stereocenters. The first-order valence-corrected chi connectivity index (χ1v) is 5.58. The average Bonchev–Trinajstić information content (AvgIpc) is 2.16. The summed E-state index contributed by atoms with van der Waals surface area (Å²) in [6.45, 7) is 11.7. The second-order valence-electron chi connectivity index (χ2n) is 3.89. The van der Waals surface area contributed by atoms with Crippen LogP contribution in [0.5, 0.6) is 0 Å². The molecule has 0 amide bonds. The van der Waals surface area contributed by atoms with Crippen LogP contribution in [0.1, 0.15) is 46.5 Å². The topological polar surface area (TPSA) is 12.0 Å². The number of hydrogen-bond acceptors (Lipinski definition) is 1. The van der Waals surface area contributed by atoms with Crippen LogP contribution in [-0.4, -0.2) is 12.6 Å². The molecule has 0 aromatic heterocycles. The summed E-state index contributed by atoms with van der Waals surface area (Å²) in [4.78, 5) is 0. The lowest BCUT2D eigenvalue weighted by molar-refractivity contribution is 0.388. The molecule has 1 heteroatoms. The Labute approximate surface area is 83.6 Å². The quantitative estimate of drug-likeness (QED) is 0.449. The highest BCUT2D eigenvalue weighted by Gasteiger charge is 2.08. The Morgan fingerprint density at radius 1 is 1.31 bits per heavy atom. The van der Waals surface area contributed by atoms with Crippen LogP contribution in [0.15, 0.2) is 12.7 Å². The van der Waals surface area contributed by atoms with Crippen LogP contribution in [0.3, 0.4) is 0 Å². The van der Waals surface area contributed by atoms with Gasteiger partial charge in [0.25, 0.3) is 0 Å². The van der Waals surface area contributed by atoms with Gasteiger partial charge in [-0.05, 0) is 31.7 Å². The van der Waals surface area contributed by atoms with Crippen molar-refractivity contribution >= 4 is 0 Å². The molecular formula is C12H25N. The molecule has 0 saturated carbocycles. The van der Waals surface area contributed by atoms with Gasteiger partial charge in [-0.3, -0.25) is 0 Å². The Balaban J connectivity index is 3.55. The number of rotatable bonds is 8. The van der Waals surface area contributed by atoms with Gasteiger partial charge in [-0.1, -0.05) is 33.3 Å². The molecule has 0 fully saturated rings. The molecule has 0 radical (unpaired) electrons. The molecule has 0 rings (SSSR count). The largest absolute Gasteiger partial charge is 0.314 e. The fourth-order valence-electron chi connectivity index (χ4n) is 1.44. The molecule has 0 aliphatic rings. The maximum atomic E-state index is 3.72. The van der Waals surface area contributed by atoms with Crippen molar-refractivity contribution in [1.82, 2.24) is 5.32 Å². The van der Waals surface area contributed by atoms with Gasteiger partial charge in [0.05, 0.1) is 0 Å². The van der Waals surface area contributed by atoms with Crippen molar-refractivity contribution in [2.24, 2.45) is 5.92 Å². The lowest BCUT2D eigenvalue weighted by Gasteiger charge is -2.19. The summed E-state index contributed by atoms with van der Waals surface area (Å²) in [5.74, 6) is 0.848. The summed E-state index contributed by atoms with van der Waals surface area (Å²) in [6.07, 6.45) is 6.89. The molecule has 0 bridgehead atoms. The van der Waals surface area contributed by atoms with E-state index in [0.717, 1.165) is 18.9 Å². The van der Waals surface area contributed by atoms with Gasteiger partial charge in [0, 0.05) is 6.04 Å². The number of hydrogen-bond donors (Lipinski definition) is 1. The highest BCUT2D eigenvalue weighted by molar-refractivity contribution is 4.72. The first-order valence-electron chi connectivity index (χ1n) is 5.58. The van der Waals surface area contributed by atoms with E-state index in [4.69, 9.17) is 0 Å². The molecule has 78 valence electrons. The summed E-state index contributed by atoms with van der Waals surface area (Å²) < 4.78 is 0. The molecule has 1 N–H and O–H groups in total. The van der Waals surface area contributed by atoms with Crippen LogP contribution < -0.4 is 5.32 Å². The van der Waals surface area contributed by atoms with Crippen LogP contribution in [0.4, 0.5) is 0 Å². The van der Waals surface area contributed by atoms with Gasteiger partial charge in [0.15, 0.2) is 0 Å². The third kappa shape index (κ3) is 6.83. The maximum absolute atomic E-state index is 3.72. The summed E-state index contributed by atoms with van der Waals surface area (Å²) in [7, 11) is 0. The smallest absolute Gasteiger partial charge is 0.00670 e. The van der Waals surface area contributed by atoms with Crippen molar-refractivity contribution in [2.75, 3.05) is 6.54 Å². The highest BCUT2D eigenvalue weighted by Crippen LogP contribution is 2.11. The Morgan fingerprint density at radius 2 is 2.00 bits per heavy atom. The second-order valence-corrected chi connectivity index (χ2v) is 3.89. The molecule has 13 heavy (non-hydrogen) atoms. The first-order chi connectivity index (χ1) is 6.24. The summed E-state index contributed by atoms with van der Waals surface area (Å²) in [5, 5.41) is 3.56. The van der Waals surface area contributed by atoms with Gasteiger partial charge >= 0.3 is 0 Å². The molecule has 2 atom stereocenters. The first kappa shape index (κ1) is 12.7. The standard InChI is InChI=1S/C12H25N/c1-5-8-9-13-12(7-3)10-11(4)6-2/h5,11-13H,1,6-10H2,2-4H3. The zero-order valence-corrected chi connectivity index (χ0v) is 9.47. The molecule has 0 saturated heterocycles. The lowest BCUT2D eigenvalue weighted by atomic mass is 9.98. The molecule has 0 heterocycles. The van der Waals surface area contributed by atoms with Crippen LogP contribution >= 0.6 is 0 Å². The van der Waals surface area contributed by atoms with Crippen molar-refractivity contribution in [2.45, 2.75) is 52.5 Å². The van der Waals surface area contributed by atoms with E-state index in [1.54, 1.807) is 0 Å². The van der Waals surface area contributed by atoms with Crippen LogP contribution in [0.25, 0.3) is 0 Å². The third-order valence-electron chi connectivity index (χ3n) is 2.66. The normalized spacial score (nSPS) is 15.3. The summed E-state index contributed by atoms with van der Waals surface area (Å²) >= 11 is 0. The van der Waals surface area contributed by atoms with Crippen molar-refractivity contribution in [3.63, 3.8) is 0 Å². The minimum absolute atomic E-state index is 0.704. The van der Waals surface area contributed by atoms with Gasteiger partial charge in [0.1, 0.15) is 0 Å². The van der Waals surface area contributed by atoms with E-state index in [9.17, 15) is 0 Å². The van der Waals surface area contributed by atoms with Gasteiger partial charge in [-0.25, -0.2) is 0 Å². The maximum Gasteiger partial charge on any atom is 0.00670 e. The average molecular weight is 183 g/mol. The minimum atomic E-state index is 0.704. The van der Waals surface area contributed by atoms with Gasteiger partial charge < -0.3 is 5.32 Å². The zero-order valence-electron chi connectivity index (χ0n) is 9.47. The Kier molecular flexibility index (Phi) is 8.11. The van der Waals surface area contributed by atoms with E-state index in [2.05, 4.69) is 32.7 Å². The fraction of sp³-hybridized carbons (Fsp3) is 0.833. The number of nitrogens with one attached hydrogen (secondary N) is 1. The van der Waals surface area contributed by atoms with Crippen molar-refractivity contribution < 1.29 is 0 Å². The molecule has 0 aromatic rings. The predicted octanol–water partition coefficient (Wildman–Crippen LogP) is 3.37. The Hall–Kier alpha value is -0.300. The van der Waals surface area contributed by atoms with E-state index in [1.165, 1.54) is 19.3 Å². The monoisotopic (exact) mass is 183 g/mol. The molecule has 1 nitrogen and oxygen atoms in total. The highest BCUT2D eigenvalue weighted by atomic mass is 14.9. The predicted molar refractivity (Wildman–Crippen MR) is 61.0 cm³/mol. The van der Waals surface area contributed by atoms with E-state index < -0.39 is 0 Å². The molecular weight excluding hydrogens is 158 g/mol. The van der Waals surface area contributed by atoms with Gasteiger partial charge in [0.2, 0.25) is 0 Å². The van der Waals surface area contributed by atoms with E-state index in [0.29, 0.717) is 6.04 Å². The zero-order chi connectivity index (χ0) is 10.1. The molecule has 0 aliphatic carbocycles. The Bertz CT molecular complexity index is 120. The van der Waals surface area contributed by atoms with E-state index in [-0.39, 0.29) is 0 Å². The molecule has 0 aromatic carbocycles. The fourth-order valence-corrected chi connectivity index (χ4v) is 1.44. The van der Waals surface area contributed by atoms with Crippen molar-refractivity contribution in [3.8, 4) is 0 Å². The van der Waals surface area contributed by atoms with E-state index >= 15 is 0 Å². The second kappa shape index (κ2) is 8.31. The van der Waals surface area contributed by atoms with E-state index in [1.807, 2.05) is 6.08 Å². The summed E-state index contributed by atoms with van der Waals surface area (Å²) in [5.41, 5.74) is 0. The third-order valence-corrected chi connectivity index (χ3v) is 2.66. The summed E-state index contributed by atoms with van der Waals surface area (Å²) in [6, 6.07) is 0.704. The van der Waals surface area contributed by atoms with Crippen molar-refractivity contribution in [3.05, 3.63) is 12.7 Å². The van der Waals surface area contributed by atoms with Crippen LogP contribution in [0, 0.1) is 5.92 Å². The van der Waals surface area contributed by atoms with Crippen molar-refractivity contribution in [1.29, 1.82) is 0 Å². The molecule has 0 aliphatic heterocycles. The SMILES string of the molecule is C=CCCNC(CC)CC(C)CC.